The largest absolute Gasteiger partial charge is 0.460 e. The van der Waals surface area contributed by atoms with Gasteiger partial charge in [0, 0.05) is 0 Å². The summed E-state index contributed by atoms with van der Waals surface area (Å²) in [4.78, 5) is 0. The van der Waals surface area contributed by atoms with Gasteiger partial charge in [-0.1, -0.05) is 12.1 Å². The van der Waals surface area contributed by atoms with Gasteiger partial charge >= 0.3 is 18.0 Å². The molecule has 0 amide bonds. The van der Waals surface area contributed by atoms with Crippen LogP contribution < -0.4 is 0 Å². The van der Waals surface area contributed by atoms with E-state index in [0.717, 1.165) is 12.1 Å². The van der Waals surface area contributed by atoms with E-state index in [-0.39, 0.29) is 6.07 Å². The normalized spacial score (nSPS) is 13.9. The van der Waals surface area contributed by atoms with Gasteiger partial charge in [0.25, 0.3) is 0 Å². The van der Waals surface area contributed by atoms with Crippen LogP contribution in [0.2, 0.25) is 0 Å². The minimum absolute atomic E-state index is 0.176. The summed E-state index contributed by atoms with van der Waals surface area (Å²) in [6.07, 6.45) is -6.47. The molecule has 0 aliphatic heterocycles. The summed E-state index contributed by atoms with van der Waals surface area (Å²) in [6, 6.07) is 2.17. The third-order valence-electron chi connectivity index (χ3n) is 1.96. The Hall–Kier alpha value is -1.34. The highest BCUT2D eigenvalue weighted by atomic mass is 19.4. The Balaban J connectivity index is 3.34. The van der Waals surface area contributed by atoms with E-state index in [1.165, 1.54) is 0 Å². The SMILES string of the molecule is Fc1ccccc1C(F)(F)C(F)(F)C(F)(F)F. The summed E-state index contributed by atoms with van der Waals surface area (Å²) in [5, 5.41) is 0. The van der Waals surface area contributed by atoms with Crippen molar-refractivity contribution in [1.82, 2.24) is 0 Å². The zero-order valence-electron chi connectivity index (χ0n) is 7.83. The quantitative estimate of drug-likeness (QED) is 0.705. The summed E-state index contributed by atoms with van der Waals surface area (Å²) in [5.41, 5.74) is -2.00. The maximum absolute atomic E-state index is 13.0. The average molecular weight is 264 g/mol. The van der Waals surface area contributed by atoms with Gasteiger partial charge in [0.2, 0.25) is 0 Å². The summed E-state index contributed by atoms with van der Waals surface area (Å²) in [7, 11) is 0. The molecule has 1 aromatic rings. The van der Waals surface area contributed by atoms with Gasteiger partial charge in [0.1, 0.15) is 5.82 Å². The van der Waals surface area contributed by atoms with E-state index in [4.69, 9.17) is 0 Å². The Bertz CT molecular complexity index is 406. The molecule has 1 aromatic carbocycles. The second-order valence-electron chi connectivity index (χ2n) is 3.13. The summed E-state index contributed by atoms with van der Waals surface area (Å²) < 4.78 is 99.2. The molecule has 0 atom stereocenters. The molecule has 0 N–H and O–H groups in total. The molecule has 0 fully saturated rings. The molecule has 0 heterocycles. The van der Waals surface area contributed by atoms with Crippen molar-refractivity contribution in [2.75, 3.05) is 0 Å². The van der Waals surface area contributed by atoms with Gasteiger partial charge in [-0.25, -0.2) is 4.39 Å². The molecule has 0 aliphatic rings. The van der Waals surface area contributed by atoms with E-state index < -0.39 is 29.4 Å². The molecule has 0 aliphatic carbocycles. The Morgan fingerprint density at radius 2 is 1.24 bits per heavy atom. The molecule has 8 heteroatoms. The maximum atomic E-state index is 13.0. The van der Waals surface area contributed by atoms with Crippen LogP contribution in [0.3, 0.4) is 0 Å². The molecule has 0 bridgehead atoms. The highest BCUT2D eigenvalue weighted by molar-refractivity contribution is 5.25. The first-order valence-corrected chi connectivity index (χ1v) is 4.09. The van der Waals surface area contributed by atoms with E-state index in [9.17, 15) is 35.1 Å². The fourth-order valence-electron chi connectivity index (χ4n) is 1.06. The minimum Gasteiger partial charge on any atom is -0.206 e. The van der Waals surface area contributed by atoms with Crippen molar-refractivity contribution in [3.05, 3.63) is 35.6 Å². The van der Waals surface area contributed by atoms with Crippen molar-refractivity contribution < 1.29 is 35.1 Å². The second-order valence-corrected chi connectivity index (χ2v) is 3.13. The third kappa shape index (κ3) is 2.07. The molecule has 1 rings (SSSR count). The van der Waals surface area contributed by atoms with E-state index in [0.29, 0.717) is 6.07 Å². The Labute approximate surface area is 89.9 Å². The lowest BCUT2D eigenvalue weighted by atomic mass is 10.0. The number of hydrogen-bond donors (Lipinski definition) is 0. The van der Waals surface area contributed by atoms with Crippen LogP contribution in [0.1, 0.15) is 5.56 Å². The van der Waals surface area contributed by atoms with Crippen molar-refractivity contribution in [2.24, 2.45) is 0 Å². The monoisotopic (exact) mass is 264 g/mol. The van der Waals surface area contributed by atoms with Crippen LogP contribution in [-0.2, 0) is 5.92 Å². The number of benzene rings is 1. The molecule has 0 unspecified atom stereocenters. The van der Waals surface area contributed by atoms with Gasteiger partial charge in [-0.2, -0.15) is 30.7 Å². The fourth-order valence-corrected chi connectivity index (χ4v) is 1.06. The standard InChI is InChI=1S/C9H4F8/c10-6-4-2-1-3-5(6)7(11,12)8(13,14)9(15,16)17/h1-4H. The lowest BCUT2D eigenvalue weighted by molar-refractivity contribution is -0.360. The molecular formula is C9H4F8. The van der Waals surface area contributed by atoms with Crippen molar-refractivity contribution >= 4 is 0 Å². The van der Waals surface area contributed by atoms with Gasteiger partial charge in [0.15, 0.2) is 0 Å². The Morgan fingerprint density at radius 1 is 0.765 bits per heavy atom. The zero-order chi connectivity index (χ0) is 13.5. The maximum Gasteiger partial charge on any atom is 0.460 e. The minimum atomic E-state index is -6.47. The lowest BCUT2D eigenvalue weighted by Crippen LogP contribution is -2.50. The van der Waals surface area contributed by atoms with E-state index in [2.05, 4.69) is 0 Å². The van der Waals surface area contributed by atoms with Crippen molar-refractivity contribution in [1.29, 1.82) is 0 Å². The van der Waals surface area contributed by atoms with Gasteiger partial charge in [-0.15, -0.1) is 0 Å². The van der Waals surface area contributed by atoms with Crippen LogP contribution in [0.25, 0.3) is 0 Å². The van der Waals surface area contributed by atoms with E-state index in [1.807, 2.05) is 0 Å². The molecule has 0 radical (unpaired) electrons. The summed E-state index contributed by atoms with van der Waals surface area (Å²) in [6.45, 7) is 0. The van der Waals surface area contributed by atoms with Crippen LogP contribution >= 0.6 is 0 Å². The highest BCUT2D eigenvalue weighted by Crippen LogP contribution is 2.52. The highest BCUT2D eigenvalue weighted by Gasteiger charge is 2.74. The Kier molecular flexibility index (Phi) is 3.11. The molecule has 0 saturated carbocycles. The van der Waals surface area contributed by atoms with Crippen LogP contribution in [-0.4, -0.2) is 12.1 Å². The molecule has 17 heavy (non-hydrogen) atoms. The van der Waals surface area contributed by atoms with Crippen LogP contribution in [0.5, 0.6) is 0 Å². The van der Waals surface area contributed by atoms with Crippen molar-refractivity contribution in [3.63, 3.8) is 0 Å². The number of alkyl halides is 7. The molecule has 0 nitrogen and oxygen atoms in total. The smallest absolute Gasteiger partial charge is 0.206 e. The van der Waals surface area contributed by atoms with Gasteiger partial charge < -0.3 is 0 Å². The molecule has 96 valence electrons. The van der Waals surface area contributed by atoms with E-state index >= 15 is 0 Å². The first kappa shape index (κ1) is 13.7. The first-order chi connectivity index (χ1) is 7.52. The molecule has 0 aromatic heterocycles. The fraction of sp³-hybridized carbons (Fsp3) is 0.333. The predicted octanol–water partition coefficient (Wildman–Crippen LogP) is 4.12. The zero-order valence-corrected chi connectivity index (χ0v) is 7.83. The van der Waals surface area contributed by atoms with Crippen molar-refractivity contribution in [3.8, 4) is 0 Å². The van der Waals surface area contributed by atoms with Gasteiger partial charge in [-0.05, 0) is 12.1 Å². The topological polar surface area (TPSA) is 0 Å². The van der Waals surface area contributed by atoms with Gasteiger partial charge in [0.05, 0.1) is 5.56 Å². The number of hydrogen-bond acceptors (Lipinski definition) is 0. The third-order valence-corrected chi connectivity index (χ3v) is 1.96. The lowest BCUT2D eigenvalue weighted by Gasteiger charge is -2.28. The van der Waals surface area contributed by atoms with Crippen LogP contribution in [0, 0.1) is 5.82 Å². The second kappa shape index (κ2) is 3.85. The summed E-state index contributed by atoms with van der Waals surface area (Å²) >= 11 is 0. The first-order valence-electron chi connectivity index (χ1n) is 4.09. The molecule has 0 spiro atoms. The molecule has 0 saturated heterocycles. The number of rotatable bonds is 2. The number of halogens is 8. The predicted molar refractivity (Wildman–Crippen MR) is 41.3 cm³/mol. The summed E-state index contributed by atoms with van der Waals surface area (Å²) in [5.74, 6) is -13.8. The molecular weight excluding hydrogens is 260 g/mol. The Morgan fingerprint density at radius 3 is 1.65 bits per heavy atom. The van der Waals surface area contributed by atoms with Crippen LogP contribution in [0.15, 0.2) is 24.3 Å². The van der Waals surface area contributed by atoms with Crippen LogP contribution in [0.4, 0.5) is 35.1 Å². The average Bonchev–Trinajstić information content (AvgIpc) is 2.16. The van der Waals surface area contributed by atoms with Crippen molar-refractivity contribution in [2.45, 2.75) is 18.0 Å². The van der Waals surface area contributed by atoms with E-state index in [1.54, 1.807) is 0 Å². The van der Waals surface area contributed by atoms with Gasteiger partial charge in [-0.3, -0.25) is 0 Å².